The van der Waals surface area contributed by atoms with Crippen molar-refractivity contribution in [3.05, 3.63) is 29.3 Å². The fraction of sp³-hybridized carbons (Fsp3) is 0.500. The lowest BCUT2D eigenvalue weighted by atomic mass is 10.0. The first-order valence-electron chi connectivity index (χ1n) is 5.14. The van der Waals surface area contributed by atoms with Crippen molar-refractivity contribution in [2.45, 2.75) is 32.3 Å². The number of hydrogen-bond donors (Lipinski definition) is 0. The van der Waals surface area contributed by atoms with Gasteiger partial charge in [-0.1, -0.05) is 28.1 Å². The van der Waals surface area contributed by atoms with Crippen molar-refractivity contribution in [1.82, 2.24) is 0 Å². The average molecular weight is 255 g/mol. The van der Waals surface area contributed by atoms with E-state index in [1.54, 1.807) is 0 Å². The molecule has 0 spiro atoms. The molecule has 0 amide bonds. The van der Waals surface area contributed by atoms with Crippen LogP contribution in [0.1, 0.15) is 24.5 Å². The van der Waals surface area contributed by atoms with Gasteiger partial charge >= 0.3 is 0 Å². The Morgan fingerprint density at radius 2 is 2.36 bits per heavy atom. The van der Waals surface area contributed by atoms with E-state index in [1.807, 2.05) is 0 Å². The maximum atomic E-state index is 5.66. The number of hydrogen-bond acceptors (Lipinski definition) is 1. The minimum absolute atomic E-state index is 0.358. The molecule has 2 heteroatoms. The van der Waals surface area contributed by atoms with Crippen LogP contribution in [0, 0.1) is 0 Å². The smallest absolute Gasteiger partial charge is 0.123 e. The molecule has 1 aliphatic rings. The Morgan fingerprint density at radius 3 is 3.14 bits per heavy atom. The summed E-state index contributed by atoms with van der Waals surface area (Å²) < 4.78 is 5.66. The SMILES string of the molecule is CC1Cc2cc(CCCBr)ccc2O1. The summed E-state index contributed by atoms with van der Waals surface area (Å²) in [5.41, 5.74) is 2.81. The summed E-state index contributed by atoms with van der Waals surface area (Å²) in [5, 5.41) is 1.08. The maximum Gasteiger partial charge on any atom is 0.123 e. The molecule has 0 aromatic heterocycles. The number of benzene rings is 1. The Bertz CT molecular complexity index is 322. The van der Waals surface area contributed by atoms with Gasteiger partial charge in [-0.2, -0.15) is 0 Å². The summed E-state index contributed by atoms with van der Waals surface area (Å²) in [6, 6.07) is 6.59. The standard InChI is InChI=1S/C12H15BrO/c1-9-7-11-8-10(3-2-6-13)4-5-12(11)14-9/h4-5,8-9H,2-3,6-7H2,1H3. The molecule has 0 N–H and O–H groups in total. The van der Waals surface area contributed by atoms with E-state index < -0.39 is 0 Å². The minimum atomic E-state index is 0.358. The Balaban J connectivity index is 2.12. The molecule has 0 radical (unpaired) electrons. The molecule has 2 rings (SSSR count). The van der Waals surface area contributed by atoms with Gasteiger partial charge in [0.15, 0.2) is 0 Å². The van der Waals surface area contributed by atoms with Crippen LogP contribution in [0.15, 0.2) is 18.2 Å². The van der Waals surface area contributed by atoms with Crippen LogP contribution in [0.25, 0.3) is 0 Å². The van der Waals surface area contributed by atoms with Crippen LogP contribution in [-0.4, -0.2) is 11.4 Å². The van der Waals surface area contributed by atoms with E-state index in [0.717, 1.165) is 23.9 Å². The molecule has 1 aliphatic heterocycles. The zero-order valence-corrected chi connectivity index (χ0v) is 10.0. The molecule has 0 saturated heterocycles. The van der Waals surface area contributed by atoms with Crippen LogP contribution in [0.4, 0.5) is 0 Å². The van der Waals surface area contributed by atoms with Crippen LogP contribution in [0.3, 0.4) is 0 Å². The molecule has 14 heavy (non-hydrogen) atoms. The van der Waals surface area contributed by atoms with Gasteiger partial charge in [-0.25, -0.2) is 0 Å². The molecule has 1 nitrogen and oxygen atoms in total. The Labute approximate surface area is 93.6 Å². The highest BCUT2D eigenvalue weighted by atomic mass is 79.9. The van der Waals surface area contributed by atoms with Crippen LogP contribution < -0.4 is 4.74 Å². The number of fused-ring (bicyclic) bond motifs is 1. The van der Waals surface area contributed by atoms with Gasteiger partial charge in [-0.3, -0.25) is 0 Å². The van der Waals surface area contributed by atoms with Crippen molar-refractivity contribution < 1.29 is 4.74 Å². The fourth-order valence-corrected chi connectivity index (χ4v) is 2.18. The minimum Gasteiger partial charge on any atom is -0.490 e. The first-order valence-corrected chi connectivity index (χ1v) is 6.26. The molecule has 0 saturated carbocycles. The predicted molar refractivity (Wildman–Crippen MR) is 62.4 cm³/mol. The highest BCUT2D eigenvalue weighted by molar-refractivity contribution is 9.09. The van der Waals surface area contributed by atoms with E-state index in [9.17, 15) is 0 Å². The molecule has 0 fully saturated rings. The van der Waals surface area contributed by atoms with E-state index in [1.165, 1.54) is 17.5 Å². The highest BCUT2D eigenvalue weighted by Crippen LogP contribution is 2.29. The molecule has 1 unspecified atom stereocenters. The summed E-state index contributed by atoms with van der Waals surface area (Å²) in [5.74, 6) is 1.08. The highest BCUT2D eigenvalue weighted by Gasteiger charge is 2.18. The Kier molecular flexibility index (Phi) is 3.12. The number of ether oxygens (including phenoxy) is 1. The molecule has 1 heterocycles. The van der Waals surface area contributed by atoms with Crippen molar-refractivity contribution in [2.24, 2.45) is 0 Å². The predicted octanol–water partition coefficient (Wildman–Crippen LogP) is 3.34. The maximum absolute atomic E-state index is 5.66. The third-order valence-corrected chi connectivity index (χ3v) is 3.12. The number of halogens is 1. The average Bonchev–Trinajstić information content (AvgIpc) is 2.54. The number of aryl methyl sites for hydroxylation is 1. The van der Waals surface area contributed by atoms with Crippen LogP contribution >= 0.6 is 15.9 Å². The van der Waals surface area contributed by atoms with Crippen molar-refractivity contribution in [2.75, 3.05) is 5.33 Å². The van der Waals surface area contributed by atoms with Gasteiger partial charge in [0.1, 0.15) is 11.9 Å². The first kappa shape index (κ1) is 10.0. The monoisotopic (exact) mass is 254 g/mol. The van der Waals surface area contributed by atoms with Crippen molar-refractivity contribution in [3.8, 4) is 5.75 Å². The molecular weight excluding hydrogens is 240 g/mol. The molecule has 1 atom stereocenters. The summed E-state index contributed by atoms with van der Waals surface area (Å²) in [4.78, 5) is 0. The van der Waals surface area contributed by atoms with E-state index in [0.29, 0.717) is 6.10 Å². The number of alkyl halides is 1. The molecule has 76 valence electrons. The zero-order chi connectivity index (χ0) is 9.97. The third-order valence-electron chi connectivity index (χ3n) is 2.56. The largest absolute Gasteiger partial charge is 0.490 e. The zero-order valence-electron chi connectivity index (χ0n) is 8.42. The van der Waals surface area contributed by atoms with Crippen molar-refractivity contribution in [1.29, 1.82) is 0 Å². The van der Waals surface area contributed by atoms with Gasteiger partial charge in [-0.05, 0) is 37.0 Å². The van der Waals surface area contributed by atoms with Gasteiger partial charge in [0, 0.05) is 11.8 Å². The normalized spacial score (nSPS) is 19.1. The van der Waals surface area contributed by atoms with Crippen LogP contribution in [0.2, 0.25) is 0 Å². The summed E-state index contributed by atoms with van der Waals surface area (Å²) in [6.45, 7) is 2.12. The summed E-state index contributed by atoms with van der Waals surface area (Å²) >= 11 is 3.45. The second-order valence-electron chi connectivity index (χ2n) is 3.87. The summed E-state index contributed by atoms with van der Waals surface area (Å²) in [6.07, 6.45) is 3.79. The number of rotatable bonds is 3. The van der Waals surface area contributed by atoms with E-state index in [-0.39, 0.29) is 0 Å². The van der Waals surface area contributed by atoms with Crippen molar-refractivity contribution in [3.63, 3.8) is 0 Å². The molecule has 0 aliphatic carbocycles. The lowest BCUT2D eigenvalue weighted by Crippen LogP contribution is -2.05. The second-order valence-corrected chi connectivity index (χ2v) is 4.66. The molecule has 1 aromatic rings. The topological polar surface area (TPSA) is 9.23 Å². The quantitative estimate of drug-likeness (QED) is 0.753. The van der Waals surface area contributed by atoms with Crippen LogP contribution in [-0.2, 0) is 12.8 Å². The Morgan fingerprint density at radius 1 is 1.50 bits per heavy atom. The van der Waals surface area contributed by atoms with Crippen LogP contribution in [0.5, 0.6) is 5.75 Å². The molecular formula is C12H15BrO. The van der Waals surface area contributed by atoms with Gasteiger partial charge in [0.05, 0.1) is 0 Å². The van der Waals surface area contributed by atoms with E-state index >= 15 is 0 Å². The van der Waals surface area contributed by atoms with Gasteiger partial charge in [0.2, 0.25) is 0 Å². The van der Waals surface area contributed by atoms with Gasteiger partial charge < -0.3 is 4.74 Å². The van der Waals surface area contributed by atoms with Gasteiger partial charge in [0.25, 0.3) is 0 Å². The molecule has 1 aromatic carbocycles. The first-order chi connectivity index (χ1) is 6.79. The van der Waals surface area contributed by atoms with Crippen molar-refractivity contribution >= 4 is 15.9 Å². The fourth-order valence-electron chi connectivity index (χ4n) is 1.90. The lowest BCUT2D eigenvalue weighted by Gasteiger charge is -2.03. The lowest BCUT2D eigenvalue weighted by molar-refractivity contribution is 0.254. The Hall–Kier alpha value is -0.500. The summed E-state index contributed by atoms with van der Waals surface area (Å²) in [7, 11) is 0. The molecule has 0 bridgehead atoms. The second kappa shape index (κ2) is 4.35. The van der Waals surface area contributed by atoms with Gasteiger partial charge in [-0.15, -0.1) is 0 Å². The van der Waals surface area contributed by atoms with E-state index in [4.69, 9.17) is 4.74 Å². The third kappa shape index (κ3) is 2.11. The van der Waals surface area contributed by atoms with E-state index in [2.05, 4.69) is 41.1 Å².